The van der Waals surface area contributed by atoms with Crippen molar-refractivity contribution in [1.29, 1.82) is 0 Å². The van der Waals surface area contributed by atoms with E-state index in [0.29, 0.717) is 6.04 Å². The van der Waals surface area contributed by atoms with Crippen molar-refractivity contribution in [1.82, 2.24) is 5.32 Å². The van der Waals surface area contributed by atoms with Crippen molar-refractivity contribution in [2.24, 2.45) is 0 Å². The maximum atomic E-state index is 3.63. The third-order valence-electron chi connectivity index (χ3n) is 2.96. The molecule has 1 saturated heterocycles. The number of anilines is 1. The highest BCUT2D eigenvalue weighted by molar-refractivity contribution is 5.52. The van der Waals surface area contributed by atoms with Crippen LogP contribution < -0.4 is 10.6 Å². The molecule has 2 heteroatoms. The second kappa shape index (κ2) is 5.17. The molecule has 0 aromatic heterocycles. The van der Waals surface area contributed by atoms with Crippen molar-refractivity contribution >= 4 is 5.69 Å². The van der Waals surface area contributed by atoms with Crippen molar-refractivity contribution in [2.45, 2.75) is 32.2 Å². The molecule has 0 spiro atoms. The van der Waals surface area contributed by atoms with Crippen molar-refractivity contribution in [3.63, 3.8) is 0 Å². The number of aryl methyl sites for hydroxylation is 1. The molecule has 82 valence electrons. The van der Waals surface area contributed by atoms with Crippen molar-refractivity contribution in [3.05, 3.63) is 29.8 Å². The average Bonchev–Trinajstić information content (AvgIpc) is 2.74. The van der Waals surface area contributed by atoms with E-state index < -0.39 is 0 Å². The molecular formula is C13H20N2. The van der Waals surface area contributed by atoms with Gasteiger partial charge in [-0.25, -0.2) is 0 Å². The molecule has 15 heavy (non-hydrogen) atoms. The Hall–Kier alpha value is -1.02. The normalized spacial score (nSPS) is 20.5. The highest BCUT2D eigenvalue weighted by atomic mass is 15.0. The lowest BCUT2D eigenvalue weighted by molar-refractivity contribution is 0.789. The molecule has 2 nitrogen and oxygen atoms in total. The Bertz CT molecular complexity index is 303. The van der Waals surface area contributed by atoms with Gasteiger partial charge in [0.15, 0.2) is 0 Å². The number of rotatable bonds is 4. The molecule has 1 heterocycles. The van der Waals surface area contributed by atoms with Crippen LogP contribution in [0.25, 0.3) is 0 Å². The van der Waals surface area contributed by atoms with Gasteiger partial charge in [-0.15, -0.1) is 0 Å². The molecule has 1 aliphatic rings. The smallest absolute Gasteiger partial charge is 0.0398 e. The van der Waals surface area contributed by atoms with E-state index in [1.165, 1.54) is 30.5 Å². The summed E-state index contributed by atoms with van der Waals surface area (Å²) in [5.41, 5.74) is 2.78. The molecular weight excluding hydrogens is 184 g/mol. The summed E-state index contributed by atoms with van der Waals surface area (Å²) < 4.78 is 0. The van der Waals surface area contributed by atoms with E-state index >= 15 is 0 Å². The number of para-hydroxylation sites is 1. The first-order chi connectivity index (χ1) is 7.40. The molecule has 1 atom stereocenters. The predicted octanol–water partition coefficient (Wildman–Crippen LogP) is 2.41. The van der Waals surface area contributed by atoms with E-state index in [4.69, 9.17) is 0 Å². The highest BCUT2D eigenvalue weighted by Crippen LogP contribution is 2.19. The Labute approximate surface area is 92.1 Å². The quantitative estimate of drug-likeness (QED) is 0.787. The zero-order valence-corrected chi connectivity index (χ0v) is 9.42. The monoisotopic (exact) mass is 204 g/mol. The van der Waals surface area contributed by atoms with Crippen LogP contribution in [-0.4, -0.2) is 19.1 Å². The summed E-state index contributed by atoms with van der Waals surface area (Å²) in [7, 11) is 0. The van der Waals surface area contributed by atoms with Gasteiger partial charge >= 0.3 is 0 Å². The zero-order valence-electron chi connectivity index (χ0n) is 9.42. The molecule has 1 aromatic rings. The number of benzene rings is 1. The fraction of sp³-hybridized carbons (Fsp3) is 0.538. The summed E-state index contributed by atoms with van der Waals surface area (Å²) in [5, 5.41) is 7.01. The van der Waals surface area contributed by atoms with Gasteiger partial charge in [0.2, 0.25) is 0 Å². The van der Waals surface area contributed by atoms with Crippen LogP contribution in [-0.2, 0) is 6.42 Å². The Morgan fingerprint density at radius 2 is 2.27 bits per heavy atom. The van der Waals surface area contributed by atoms with Gasteiger partial charge in [-0.2, -0.15) is 0 Å². The minimum absolute atomic E-state index is 0.614. The lowest BCUT2D eigenvalue weighted by Crippen LogP contribution is -2.22. The zero-order chi connectivity index (χ0) is 10.5. The van der Waals surface area contributed by atoms with E-state index in [1.54, 1.807) is 0 Å². The lowest BCUT2D eigenvalue weighted by Gasteiger charge is -2.16. The fourth-order valence-electron chi connectivity index (χ4n) is 2.15. The average molecular weight is 204 g/mol. The standard InChI is InChI=1S/C13H20N2/c1-2-5-11-6-3-4-7-13(11)15-12-8-9-14-10-12/h3-4,6-7,12,14-15H,2,5,8-10H2,1H3. The van der Waals surface area contributed by atoms with Gasteiger partial charge in [-0.3, -0.25) is 0 Å². The first-order valence-corrected chi connectivity index (χ1v) is 5.95. The predicted molar refractivity (Wildman–Crippen MR) is 65.3 cm³/mol. The van der Waals surface area contributed by atoms with Crippen LogP contribution in [0.4, 0.5) is 5.69 Å². The highest BCUT2D eigenvalue weighted by Gasteiger charge is 2.14. The SMILES string of the molecule is CCCc1ccccc1NC1CCNC1. The van der Waals surface area contributed by atoms with Crippen LogP contribution in [0.15, 0.2) is 24.3 Å². The van der Waals surface area contributed by atoms with Crippen LogP contribution in [0.1, 0.15) is 25.3 Å². The Morgan fingerprint density at radius 1 is 1.40 bits per heavy atom. The van der Waals surface area contributed by atoms with Gasteiger partial charge in [0.1, 0.15) is 0 Å². The minimum Gasteiger partial charge on any atom is -0.381 e. The Morgan fingerprint density at radius 3 is 3.00 bits per heavy atom. The molecule has 0 bridgehead atoms. The number of nitrogens with one attached hydrogen (secondary N) is 2. The van der Waals surface area contributed by atoms with Gasteiger partial charge < -0.3 is 10.6 Å². The van der Waals surface area contributed by atoms with Crippen LogP contribution in [0.3, 0.4) is 0 Å². The lowest BCUT2D eigenvalue weighted by atomic mass is 10.1. The first-order valence-electron chi connectivity index (χ1n) is 5.95. The molecule has 2 rings (SSSR count). The summed E-state index contributed by atoms with van der Waals surface area (Å²) in [6.45, 7) is 4.47. The fourth-order valence-corrected chi connectivity index (χ4v) is 2.15. The minimum atomic E-state index is 0.614. The summed E-state index contributed by atoms with van der Waals surface area (Å²) in [6.07, 6.45) is 3.62. The van der Waals surface area contributed by atoms with E-state index in [-0.39, 0.29) is 0 Å². The molecule has 1 unspecified atom stereocenters. The second-order valence-electron chi connectivity index (χ2n) is 4.24. The maximum absolute atomic E-state index is 3.63. The topological polar surface area (TPSA) is 24.1 Å². The summed E-state index contributed by atoms with van der Waals surface area (Å²) in [5.74, 6) is 0. The third kappa shape index (κ3) is 2.72. The first kappa shape index (κ1) is 10.5. The molecule has 0 aliphatic carbocycles. The van der Waals surface area contributed by atoms with Crippen molar-refractivity contribution in [2.75, 3.05) is 18.4 Å². The largest absolute Gasteiger partial charge is 0.381 e. The molecule has 1 fully saturated rings. The molecule has 0 amide bonds. The molecule has 0 radical (unpaired) electrons. The van der Waals surface area contributed by atoms with Crippen LogP contribution in [0, 0.1) is 0 Å². The summed E-state index contributed by atoms with van der Waals surface area (Å²) >= 11 is 0. The van der Waals surface area contributed by atoms with E-state index in [1.807, 2.05) is 0 Å². The Kier molecular flexibility index (Phi) is 3.62. The molecule has 0 saturated carbocycles. The Balaban J connectivity index is 2.05. The van der Waals surface area contributed by atoms with Gasteiger partial charge in [-0.1, -0.05) is 31.5 Å². The van der Waals surface area contributed by atoms with Crippen molar-refractivity contribution in [3.8, 4) is 0 Å². The third-order valence-corrected chi connectivity index (χ3v) is 2.96. The van der Waals surface area contributed by atoms with Crippen LogP contribution in [0.5, 0.6) is 0 Å². The number of hydrogen-bond acceptors (Lipinski definition) is 2. The van der Waals surface area contributed by atoms with Crippen molar-refractivity contribution < 1.29 is 0 Å². The number of hydrogen-bond donors (Lipinski definition) is 2. The summed E-state index contributed by atoms with van der Waals surface area (Å²) in [6, 6.07) is 9.28. The van der Waals surface area contributed by atoms with Gasteiger partial charge in [-0.05, 0) is 31.0 Å². The van der Waals surface area contributed by atoms with E-state index in [0.717, 1.165) is 13.1 Å². The second-order valence-corrected chi connectivity index (χ2v) is 4.24. The van der Waals surface area contributed by atoms with Gasteiger partial charge in [0, 0.05) is 18.3 Å². The van der Waals surface area contributed by atoms with E-state index in [2.05, 4.69) is 41.8 Å². The molecule has 1 aliphatic heterocycles. The van der Waals surface area contributed by atoms with Gasteiger partial charge in [0.25, 0.3) is 0 Å². The van der Waals surface area contributed by atoms with Crippen LogP contribution >= 0.6 is 0 Å². The van der Waals surface area contributed by atoms with Gasteiger partial charge in [0.05, 0.1) is 0 Å². The maximum Gasteiger partial charge on any atom is 0.0398 e. The van der Waals surface area contributed by atoms with Crippen LogP contribution in [0.2, 0.25) is 0 Å². The van der Waals surface area contributed by atoms with E-state index in [9.17, 15) is 0 Å². The molecule has 2 N–H and O–H groups in total. The summed E-state index contributed by atoms with van der Waals surface area (Å²) in [4.78, 5) is 0. The molecule has 1 aromatic carbocycles.